The van der Waals surface area contributed by atoms with Gasteiger partial charge in [0.05, 0.1) is 0 Å². The van der Waals surface area contributed by atoms with Crippen molar-refractivity contribution in [2.75, 3.05) is 6.54 Å². The van der Waals surface area contributed by atoms with Crippen LogP contribution in [-0.4, -0.2) is 22.2 Å². The molecule has 1 aliphatic rings. The number of rotatable bonds is 2. The number of aryl methyl sites for hydroxylation is 1. The van der Waals surface area contributed by atoms with Gasteiger partial charge in [0.1, 0.15) is 0 Å². The fourth-order valence-corrected chi connectivity index (χ4v) is 1.77. The Hall–Kier alpha value is -1.32. The van der Waals surface area contributed by atoms with Crippen molar-refractivity contribution in [1.82, 2.24) is 15.1 Å². The Morgan fingerprint density at radius 3 is 3.23 bits per heavy atom. The monoisotopic (exact) mass is 179 g/mol. The zero-order valence-corrected chi connectivity index (χ0v) is 7.66. The van der Waals surface area contributed by atoms with Crippen molar-refractivity contribution in [3.8, 4) is 0 Å². The number of hydrogen-bond donors (Lipinski definition) is 1. The number of hydrogen-bond acceptors (Lipinski definition) is 2. The summed E-state index contributed by atoms with van der Waals surface area (Å²) in [6.45, 7) is 3.68. The van der Waals surface area contributed by atoms with E-state index in [1.807, 2.05) is 10.7 Å². The SMILES string of the molecule is CCn1nccc1C1CNC(=O)C1. The molecule has 1 unspecified atom stereocenters. The van der Waals surface area contributed by atoms with Crippen LogP contribution >= 0.6 is 0 Å². The number of nitrogens with zero attached hydrogens (tertiary/aromatic N) is 2. The third-order valence-electron chi connectivity index (χ3n) is 2.44. The molecule has 0 radical (unpaired) electrons. The van der Waals surface area contributed by atoms with Gasteiger partial charge in [-0.05, 0) is 13.0 Å². The maximum Gasteiger partial charge on any atom is 0.220 e. The first-order chi connectivity index (χ1) is 6.31. The molecule has 0 spiro atoms. The predicted octanol–water partition coefficient (Wildman–Crippen LogP) is 0.506. The second-order valence-corrected chi connectivity index (χ2v) is 3.28. The second kappa shape index (κ2) is 3.20. The molecule has 1 aromatic rings. The van der Waals surface area contributed by atoms with Crippen LogP contribution in [0.15, 0.2) is 12.3 Å². The lowest BCUT2D eigenvalue weighted by Gasteiger charge is -2.08. The highest BCUT2D eigenvalue weighted by Crippen LogP contribution is 2.22. The third-order valence-corrected chi connectivity index (χ3v) is 2.44. The molecule has 0 aliphatic carbocycles. The lowest BCUT2D eigenvalue weighted by atomic mass is 10.1. The quantitative estimate of drug-likeness (QED) is 0.719. The Balaban J connectivity index is 2.20. The Morgan fingerprint density at radius 2 is 2.62 bits per heavy atom. The van der Waals surface area contributed by atoms with Gasteiger partial charge in [0.2, 0.25) is 5.91 Å². The molecule has 0 aromatic carbocycles. The maximum absolute atomic E-state index is 11.0. The highest BCUT2D eigenvalue weighted by atomic mass is 16.1. The smallest absolute Gasteiger partial charge is 0.220 e. The zero-order valence-electron chi connectivity index (χ0n) is 7.66. The average molecular weight is 179 g/mol. The highest BCUT2D eigenvalue weighted by Gasteiger charge is 2.25. The van der Waals surface area contributed by atoms with E-state index in [1.165, 1.54) is 5.69 Å². The molecular formula is C9H13N3O. The Kier molecular flexibility index (Phi) is 2.04. The van der Waals surface area contributed by atoms with Gasteiger partial charge in [0, 0.05) is 37.3 Å². The zero-order chi connectivity index (χ0) is 9.26. The van der Waals surface area contributed by atoms with Crippen LogP contribution in [0.1, 0.15) is 25.0 Å². The minimum Gasteiger partial charge on any atom is -0.355 e. The van der Waals surface area contributed by atoms with E-state index in [0.717, 1.165) is 13.1 Å². The molecule has 1 fully saturated rings. The molecule has 13 heavy (non-hydrogen) atoms. The third kappa shape index (κ3) is 1.43. The van der Waals surface area contributed by atoms with Crippen LogP contribution in [0.25, 0.3) is 0 Å². The Bertz CT molecular complexity index is 318. The van der Waals surface area contributed by atoms with Crippen molar-refractivity contribution >= 4 is 5.91 Å². The summed E-state index contributed by atoms with van der Waals surface area (Å²) in [6, 6.07) is 1.99. The molecule has 1 aliphatic heterocycles. The highest BCUT2D eigenvalue weighted by molar-refractivity contribution is 5.79. The minimum atomic E-state index is 0.147. The van der Waals surface area contributed by atoms with E-state index >= 15 is 0 Å². The number of amides is 1. The summed E-state index contributed by atoms with van der Waals surface area (Å²) in [4.78, 5) is 11.0. The number of nitrogens with one attached hydrogen (secondary N) is 1. The summed E-state index contributed by atoms with van der Waals surface area (Å²) in [5.74, 6) is 0.462. The fourth-order valence-electron chi connectivity index (χ4n) is 1.77. The summed E-state index contributed by atoms with van der Waals surface area (Å²) in [5, 5.41) is 7.01. The van der Waals surface area contributed by atoms with Gasteiger partial charge >= 0.3 is 0 Å². The molecule has 1 amide bonds. The Labute approximate surface area is 76.9 Å². The van der Waals surface area contributed by atoms with Crippen molar-refractivity contribution in [1.29, 1.82) is 0 Å². The molecule has 0 bridgehead atoms. The second-order valence-electron chi connectivity index (χ2n) is 3.28. The van der Waals surface area contributed by atoms with Crippen molar-refractivity contribution in [3.05, 3.63) is 18.0 Å². The topological polar surface area (TPSA) is 46.9 Å². The first-order valence-electron chi connectivity index (χ1n) is 4.59. The van der Waals surface area contributed by atoms with Gasteiger partial charge in [-0.25, -0.2) is 0 Å². The summed E-state index contributed by atoms with van der Waals surface area (Å²) in [5.41, 5.74) is 1.17. The Morgan fingerprint density at radius 1 is 1.77 bits per heavy atom. The molecule has 70 valence electrons. The van der Waals surface area contributed by atoms with Crippen molar-refractivity contribution in [3.63, 3.8) is 0 Å². The largest absolute Gasteiger partial charge is 0.355 e. The number of carbonyl (C=O) groups is 1. The summed E-state index contributed by atoms with van der Waals surface area (Å²) >= 11 is 0. The molecular weight excluding hydrogens is 166 g/mol. The molecule has 0 saturated carbocycles. The van der Waals surface area contributed by atoms with E-state index in [0.29, 0.717) is 12.3 Å². The van der Waals surface area contributed by atoms with Crippen LogP contribution in [0, 0.1) is 0 Å². The maximum atomic E-state index is 11.0. The van der Waals surface area contributed by atoms with Gasteiger partial charge in [-0.2, -0.15) is 5.10 Å². The lowest BCUT2D eigenvalue weighted by Crippen LogP contribution is -2.14. The molecule has 1 N–H and O–H groups in total. The van der Waals surface area contributed by atoms with Crippen molar-refractivity contribution < 1.29 is 4.79 Å². The minimum absolute atomic E-state index is 0.147. The van der Waals surface area contributed by atoms with E-state index in [1.54, 1.807) is 6.20 Å². The van der Waals surface area contributed by atoms with Gasteiger partial charge in [0.15, 0.2) is 0 Å². The van der Waals surface area contributed by atoms with Crippen LogP contribution < -0.4 is 5.32 Å². The molecule has 1 atom stereocenters. The molecule has 4 heteroatoms. The van der Waals surface area contributed by atoms with Crippen LogP contribution in [0.4, 0.5) is 0 Å². The molecule has 1 aromatic heterocycles. The summed E-state index contributed by atoms with van der Waals surface area (Å²) in [6.07, 6.45) is 2.40. The number of carbonyl (C=O) groups excluding carboxylic acids is 1. The van der Waals surface area contributed by atoms with Gasteiger partial charge < -0.3 is 5.32 Å². The van der Waals surface area contributed by atoms with E-state index < -0.39 is 0 Å². The fraction of sp³-hybridized carbons (Fsp3) is 0.556. The van der Waals surface area contributed by atoms with Crippen LogP contribution in [0.2, 0.25) is 0 Å². The summed E-state index contributed by atoms with van der Waals surface area (Å²) < 4.78 is 1.95. The molecule has 2 rings (SSSR count). The van der Waals surface area contributed by atoms with Crippen LogP contribution in [0.5, 0.6) is 0 Å². The molecule has 2 heterocycles. The molecule has 1 saturated heterocycles. The lowest BCUT2D eigenvalue weighted by molar-refractivity contribution is -0.119. The standard InChI is InChI=1S/C9H13N3O/c1-2-12-8(3-4-11-12)7-5-9(13)10-6-7/h3-4,7H,2,5-6H2,1H3,(H,10,13). The van der Waals surface area contributed by atoms with E-state index in [-0.39, 0.29) is 5.91 Å². The van der Waals surface area contributed by atoms with Crippen molar-refractivity contribution in [2.24, 2.45) is 0 Å². The summed E-state index contributed by atoms with van der Waals surface area (Å²) in [7, 11) is 0. The van der Waals surface area contributed by atoms with Gasteiger partial charge in [-0.1, -0.05) is 0 Å². The van der Waals surface area contributed by atoms with E-state index in [4.69, 9.17) is 0 Å². The van der Waals surface area contributed by atoms with E-state index in [9.17, 15) is 4.79 Å². The van der Waals surface area contributed by atoms with E-state index in [2.05, 4.69) is 17.3 Å². The first-order valence-corrected chi connectivity index (χ1v) is 4.59. The molecule has 4 nitrogen and oxygen atoms in total. The van der Waals surface area contributed by atoms with Crippen molar-refractivity contribution in [2.45, 2.75) is 25.8 Å². The predicted molar refractivity (Wildman–Crippen MR) is 48.3 cm³/mol. The van der Waals surface area contributed by atoms with Crippen LogP contribution in [0.3, 0.4) is 0 Å². The van der Waals surface area contributed by atoms with Crippen LogP contribution in [-0.2, 0) is 11.3 Å². The first kappa shape index (κ1) is 8.29. The normalized spacial score (nSPS) is 21.9. The van der Waals surface area contributed by atoms with Gasteiger partial charge in [-0.15, -0.1) is 0 Å². The van der Waals surface area contributed by atoms with Gasteiger partial charge in [-0.3, -0.25) is 9.48 Å². The van der Waals surface area contributed by atoms with Gasteiger partial charge in [0.25, 0.3) is 0 Å². The average Bonchev–Trinajstić information content (AvgIpc) is 2.71. The number of aromatic nitrogens is 2.